The van der Waals surface area contributed by atoms with Crippen molar-refractivity contribution >= 4 is 5.91 Å². The van der Waals surface area contributed by atoms with E-state index in [0.717, 1.165) is 42.0 Å². The van der Waals surface area contributed by atoms with Gasteiger partial charge in [-0.25, -0.2) is 10.4 Å². The third-order valence-electron chi connectivity index (χ3n) is 6.67. The van der Waals surface area contributed by atoms with E-state index in [1.807, 2.05) is 54.5 Å². The van der Waals surface area contributed by atoms with E-state index < -0.39 is 0 Å². The van der Waals surface area contributed by atoms with E-state index in [-0.39, 0.29) is 18.0 Å². The molecule has 36 heavy (non-hydrogen) atoms. The fourth-order valence-electron chi connectivity index (χ4n) is 4.59. The number of hydrazine groups is 1. The minimum atomic E-state index is -0.277. The monoisotopic (exact) mass is 488 g/mol. The molecule has 5 rings (SSSR count). The zero-order valence-corrected chi connectivity index (χ0v) is 20.9. The number of unbranched alkanes of at least 4 members (excludes halogenated alkanes) is 1. The van der Waals surface area contributed by atoms with Crippen molar-refractivity contribution in [3.05, 3.63) is 77.9 Å². The van der Waals surface area contributed by atoms with E-state index in [1.54, 1.807) is 18.2 Å². The van der Waals surface area contributed by atoms with Gasteiger partial charge >= 0.3 is 0 Å². The molecule has 0 saturated carbocycles. The van der Waals surface area contributed by atoms with Crippen LogP contribution in [0.15, 0.2) is 65.3 Å². The first-order valence-electron chi connectivity index (χ1n) is 12.4. The average Bonchev–Trinajstić information content (AvgIpc) is 3.50. The number of carbonyl (C=O) groups excluding carboxylic acids is 1. The predicted molar refractivity (Wildman–Crippen MR) is 136 cm³/mol. The highest BCUT2D eigenvalue weighted by atomic mass is 16.5. The SMILES string of the molecule is CCCCOc1ccc(C2CC3C(=O)N(Cc4nc(-c5ccccc5OC)oc4C)C=CN3N2)cc1. The first-order chi connectivity index (χ1) is 17.6. The molecule has 1 aromatic heterocycles. The lowest BCUT2D eigenvalue weighted by Crippen LogP contribution is -2.47. The number of methoxy groups -OCH3 is 1. The Labute approximate surface area is 211 Å². The molecule has 2 atom stereocenters. The second-order valence-corrected chi connectivity index (χ2v) is 9.10. The van der Waals surface area contributed by atoms with Crippen LogP contribution in [0, 0.1) is 6.92 Å². The molecule has 8 nitrogen and oxygen atoms in total. The van der Waals surface area contributed by atoms with Gasteiger partial charge in [-0.2, -0.15) is 0 Å². The van der Waals surface area contributed by atoms with Gasteiger partial charge in [0.05, 0.1) is 31.9 Å². The quantitative estimate of drug-likeness (QED) is 0.426. The van der Waals surface area contributed by atoms with Crippen LogP contribution in [0.2, 0.25) is 0 Å². The van der Waals surface area contributed by atoms with Crippen LogP contribution in [-0.2, 0) is 11.3 Å². The molecule has 0 radical (unpaired) electrons. The Morgan fingerprint density at radius 1 is 1.14 bits per heavy atom. The third-order valence-corrected chi connectivity index (χ3v) is 6.67. The number of fused-ring (bicyclic) bond motifs is 1. The summed E-state index contributed by atoms with van der Waals surface area (Å²) in [6, 6.07) is 15.5. The molecular weight excluding hydrogens is 456 g/mol. The van der Waals surface area contributed by atoms with Gasteiger partial charge in [-0.05, 0) is 49.6 Å². The molecule has 1 saturated heterocycles. The summed E-state index contributed by atoms with van der Waals surface area (Å²) in [5.41, 5.74) is 6.10. The van der Waals surface area contributed by atoms with Crippen LogP contribution < -0.4 is 14.9 Å². The van der Waals surface area contributed by atoms with Gasteiger partial charge in [-0.1, -0.05) is 37.6 Å². The smallest absolute Gasteiger partial charge is 0.251 e. The molecule has 1 N–H and O–H groups in total. The zero-order valence-electron chi connectivity index (χ0n) is 20.9. The second kappa shape index (κ2) is 10.5. The van der Waals surface area contributed by atoms with Crippen molar-refractivity contribution in [3.8, 4) is 23.0 Å². The van der Waals surface area contributed by atoms with Gasteiger partial charge in [0.25, 0.3) is 5.91 Å². The number of hydrogen-bond donors (Lipinski definition) is 1. The van der Waals surface area contributed by atoms with E-state index in [2.05, 4.69) is 29.5 Å². The molecule has 0 bridgehead atoms. The summed E-state index contributed by atoms with van der Waals surface area (Å²) in [5.74, 6) is 2.77. The molecule has 2 aromatic carbocycles. The van der Waals surface area contributed by atoms with E-state index >= 15 is 0 Å². The number of amides is 1. The molecule has 1 fully saturated rings. The largest absolute Gasteiger partial charge is 0.496 e. The number of ether oxygens (including phenoxy) is 2. The van der Waals surface area contributed by atoms with Crippen LogP contribution in [-0.4, -0.2) is 40.6 Å². The van der Waals surface area contributed by atoms with Crippen LogP contribution in [0.25, 0.3) is 11.5 Å². The van der Waals surface area contributed by atoms with Gasteiger partial charge in [0, 0.05) is 12.4 Å². The summed E-state index contributed by atoms with van der Waals surface area (Å²) in [6.45, 7) is 5.09. The molecule has 8 heteroatoms. The first kappa shape index (κ1) is 23.9. The van der Waals surface area contributed by atoms with Gasteiger partial charge in [0.15, 0.2) is 0 Å². The molecule has 1 amide bonds. The highest BCUT2D eigenvalue weighted by Gasteiger charge is 2.40. The number of aryl methyl sites for hydroxylation is 1. The number of benzene rings is 2. The molecule has 2 aliphatic heterocycles. The average molecular weight is 489 g/mol. The van der Waals surface area contributed by atoms with E-state index in [0.29, 0.717) is 30.4 Å². The van der Waals surface area contributed by atoms with Gasteiger partial charge in [-0.15, -0.1) is 0 Å². The van der Waals surface area contributed by atoms with Crippen molar-refractivity contribution in [3.63, 3.8) is 0 Å². The summed E-state index contributed by atoms with van der Waals surface area (Å²) in [5, 5.41) is 1.91. The molecule has 3 heterocycles. The van der Waals surface area contributed by atoms with E-state index in [9.17, 15) is 4.79 Å². The van der Waals surface area contributed by atoms with Gasteiger partial charge in [0.2, 0.25) is 5.89 Å². The highest BCUT2D eigenvalue weighted by molar-refractivity contribution is 5.84. The highest BCUT2D eigenvalue weighted by Crippen LogP contribution is 2.33. The summed E-state index contributed by atoms with van der Waals surface area (Å²) >= 11 is 0. The summed E-state index contributed by atoms with van der Waals surface area (Å²) < 4.78 is 17.2. The lowest BCUT2D eigenvalue weighted by atomic mass is 10.0. The van der Waals surface area contributed by atoms with Gasteiger partial charge in [0.1, 0.15) is 29.0 Å². The molecule has 188 valence electrons. The number of nitrogens with zero attached hydrogens (tertiary/aromatic N) is 3. The maximum atomic E-state index is 13.4. The van der Waals surface area contributed by atoms with Crippen molar-refractivity contribution in [2.75, 3.05) is 13.7 Å². The maximum absolute atomic E-state index is 13.4. The Balaban J connectivity index is 1.25. The number of nitrogens with one attached hydrogen (secondary N) is 1. The van der Waals surface area contributed by atoms with Gasteiger partial charge < -0.3 is 23.8 Å². The van der Waals surface area contributed by atoms with E-state index in [1.165, 1.54) is 0 Å². The fraction of sp³-hybridized carbons (Fsp3) is 0.357. The predicted octanol–water partition coefficient (Wildman–Crippen LogP) is 4.97. The first-order valence-corrected chi connectivity index (χ1v) is 12.4. The molecule has 3 aromatic rings. The fourth-order valence-corrected chi connectivity index (χ4v) is 4.59. The number of aromatic nitrogens is 1. The topological polar surface area (TPSA) is 80.1 Å². The van der Waals surface area contributed by atoms with Crippen LogP contribution in [0.4, 0.5) is 0 Å². The standard InChI is InChI=1S/C28H32N4O4/c1-4-5-16-35-21-12-10-20(11-13-21)23-17-25-28(33)31(14-15-32(25)30-23)18-24-19(2)36-27(29-24)22-8-6-7-9-26(22)34-3/h6-15,23,25,30H,4-5,16-18H2,1-3H3. The normalized spacial score (nSPS) is 19.0. The lowest BCUT2D eigenvalue weighted by Gasteiger charge is -2.31. The van der Waals surface area contributed by atoms with Gasteiger partial charge in [-0.3, -0.25) is 4.79 Å². The second-order valence-electron chi connectivity index (χ2n) is 9.10. The van der Waals surface area contributed by atoms with Crippen molar-refractivity contribution < 1.29 is 18.7 Å². The Morgan fingerprint density at radius 3 is 2.72 bits per heavy atom. The van der Waals surface area contributed by atoms with Crippen LogP contribution >= 0.6 is 0 Å². The minimum Gasteiger partial charge on any atom is -0.496 e. The number of oxazole rings is 1. The minimum absolute atomic E-state index is 0.0354. The number of para-hydroxylation sites is 1. The molecule has 0 aliphatic carbocycles. The molecular formula is C28H32N4O4. The summed E-state index contributed by atoms with van der Waals surface area (Å²) in [6.07, 6.45) is 6.56. The Morgan fingerprint density at radius 2 is 1.94 bits per heavy atom. The molecule has 2 aliphatic rings. The number of carbonyl (C=O) groups is 1. The summed E-state index contributed by atoms with van der Waals surface area (Å²) in [4.78, 5) is 19.8. The van der Waals surface area contributed by atoms with Crippen LogP contribution in [0.1, 0.15) is 49.2 Å². The van der Waals surface area contributed by atoms with Crippen molar-refractivity contribution in [1.82, 2.24) is 20.3 Å². The zero-order chi connectivity index (χ0) is 25.1. The van der Waals surface area contributed by atoms with Crippen molar-refractivity contribution in [1.29, 1.82) is 0 Å². The van der Waals surface area contributed by atoms with Crippen LogP contribution in [0.5, 0.6) is 11.5 Å². The van der Waals surface area contributed by atoms with Crippen molar-refractivity contribution in [2.24, 2.45) is 0 Å². The Kier molecular flexibility index (Phi) is 6.95. The third kappa shape index (κ3) is 4.81. The summed E-state index contributed by atoms with van der Waals surface area (Å²) in [7, 11) is 1.62. The number of hydrogen-bond acceptors (Lipinski definition) is 7. The Hall–Kier alpha value is -3.78. The number of rotatable bonds is 9. The molecule has 2 unspecified atom stereocenters. The maximum Gasteiger partial charge on any atom is 0.251 e. The Bertz CT molecular complexity index is 1240. The van der Waals surface area contributed by atoms with Crippen molar-refractivity contribution in [2.45, 2.75) is 51.7 Å². The van der Waals surface area contributed by atoms with Crippen LogP contribution in [0.3, 0.4) is 0 Å². The molecule has 0 spiro atoms. The van der Waals surface area contributed by atoms with E-state index in [4.69, 9.17) is 13.9 Å². The lowest BCUT2D eigenvalue weighted by molar-refractivity contribution is -0.135.